The number of phenolic OH excluding ortho intramolecular Hbond substituents is 2. The van der Waals surface area contributed by atoms with E-state index in [1.807, 2.05) is 26.0 Å². The summed E-state index contributed by atoms with van der Waals surface area (Å²) in [6.07, 6.45) is 0. The second kappa shape index (κ2) is 4.88. The molecule has 0 saturated heterocycles. The average Bonchev–Trinajstić information content (AvgIpc) is 2.41. The molecule has 0 heterocycles. The second-order valence-corrected chi connectivity index (χ2v) is 5.97. The summed E-state index contributed by atoms with van der Waals surface area (Å²) in [5, 5.41) is 19.4. The van der Waals surface area contributed by atoms with Crippen LogP contribution in [0.5, 0.6) is 11.5 Å². The summed E-state index contributed by atoms with van der Waals surface area (Å²) in [6.45, 7) is 7.94. The Morgan fingerprint density at radius 2 is 1.10 bits per heavy atom. The lowest BCUT2D eigenvalue weighted by molar-refractivity contribution is 0.476. The van der Waals surface area contributed by atoms with E-state index in [0.29, 0.717) is 11.4 Å². The van der Waals surface area contributed by atoms with Crippen LogP contribution in [0.4, 0.5) is 11.4 Å². The minimum atomic E-state index is -0.349. The normalized spacial score (nSPS) is 11.6. The van der Waals surface area contributed by atoms with E-state index in [1.54, 1.807) is 12.1 Å². The van der Waals surface area contributed by atoms with E-state index in [4.69, 9.17) is 11.5 Å². The molecule has 6 N–H and O–H groups in total. The molecule has 0 unspecified atom stereocenters. The highest BCUT2D eigenvalue weighted by Crippen LogP contribution is 2.41. The van der Waals surface area contributed by atoms with Crippen LogP contribution in [0.2, 0.25) is 0 Å². The summed E-state index contributed by atoms with van der Waals surface area (Å²) in [5.74, 6) is 0.183. The Morgan fingerprint density at radius 3 is 1.43 bits per heavy atom. The van der Waals surface area contributed by atoms with Gasteiger partial charge < -0.3 is 21.7 Å². The molecule has 0 aliphatic carbocycles. The predicted octanol–water partition coefficient (Wildman–Crippen LogP) is 3.20. The molecule has 2 aromatic rings. The van der Waals surface area contributed by atoms with Crippen LogP contribution >= 0.6 is 0 Å². The third-order valence-corrected chi connectivity index (χ3v) is 4.33. The summed E-state index contributed by atoms with van der Waals surface area (Å²) in [4.78, 5) is 0. The highest BCUT2D eigenvalue weighted by molar-refractivity contribution is 5.66. The number of aromatic hydroxyl groups is 2. The van der Waals surface area contributed by atoms with Crippen LogP contribution in [0.3, 0.4) is 0 Å². The predicted molar refractivity (Wildman–Crippen MR) is 86.6 cm³/mol. The van der Waals surface area contributed by atoms with Gasteiger partial charge in [-0.3, -0.25) is 0 Å². The van der Waals surface area contributed by atoms with Crippen molar-refractivity contribution >= 4 is 11.4 Å². The van der Waals surface area contributed by atoms with Gasteiger partial charge in [-0.1, -0.05) is 26.0 Å². The zero-order chi connectivity index (χ0) is 15.9. The molecule has 0 aliphatic heterocycles. The first kappa shape index (κ1) is 15.0. The van der Waals surface area contributed by atoms with Gasteiger partial charge in [0.15, 0.2) is 0 Å². The van der Waals surface area contributed by atoms with Gasteiger partial charge in [0.05, 0.1) is 11.4 Å². The van der Waals surface area contributed by atoms with Gasteiger partial charge in [0.2, 0.25) is 0 Å². The topological polar surface area (TPSA) is 92.5 Å². The van der Waals surface area contributed by atoms with Crippen molar-refractivity contribution in [3.05, 3.63) is 46.5 Å². The zero-order valence-corrected chi connectivity index (χ0v) is 12.9. The van der Waals surface area contributed by atoms with E-state index < -0.39 is 0 Å². The van der Waals surface area contributed by atoms with Crippen LogP contribution in [0.15, 0.2) is 24.3 Å². The number of nitrogens with two attached hydrogens (primary N) is 2. The molecule has 0 radical (unpaired) electrons. The highest BCUT2D eigenvalue weighted by Gasteiger charge is 2.28. The van der Waals surface area contributed by atoms with Crippen LogP contribution in [-0.2, 0) is 5.41 Å². The Labute approximate surface area is 125 Å². The molecular formula is C17H22N2O2. The Balaban J connectivity index is 2.68. The van der Waals surface area contributed by atoms with Crippen LogP contribution in [-0.4, -0.2) is 10.2 Å². The standard InChI is InChI=1S/C17H22N2O2/c1-9-11(5-7-13(20)15(9)18)17(3,4)12-6-8-14(21)16(19)10(12)2/h5-8,20-21H,18-19H2,1-4H3. The van der Waals surface area contributed by atoms with Gasteiger partial charge in [0, 0.05) is 5.41 Å². The number of phenols is 2. The van der Waals surface area contributed by atoms with Gasteiger partial charge in [-0.2, -0.15) is 0 Å². The summed E-state index contributed by atoms with van der Waals surface area (Å²) < 4.78 is 0. The molecule has 0 amide bonds. The molecule has 0 fully saturated rings. The van der Waals surface area contributed by atoms with Gasteiger partial charge in [0.25, 0.3) is 0 Å². The maximum Gasteiger partial charge on any atom is 0.138 e. The van der Waals surface area contributed by atoms with E-state index in [-0.39, 0.29) is 16.9 Å². The van der Waals surface area contributed by atoms with Gasteiger partial charge in [0.1, 0.15) is 11.5 Å². The van der Waals surface area contributed by atoms with Gasteiger partial charge in [-0.05, 0) is 48.2 Å². The summed E-state index contributed by atoms with van der Waals surface area (Å²) in [5.41, 5.74) is 16.1. The SMILES string of the molecule is Cc1c(C(C)(C)c2ccc(O)c(N)c2C)ccc(O)c1N. The fourth-order valence-electron chi connectivity index (χ4n) is 2.93. The largest absolute Gasteiger partial charge is 0.506 e. The first-order chi connectivity index (χ1) is 9.67. The molecule has 4 heteroatoms. The highest BCUT2D eigenvalue weighted by atomic mass is 16.3. The Hall–Kier alpha value is -2.36. The fourth-order valence-corrected chi connectivity index (χ4v) is 2.93. The first-order valence-corrected chi connectivity index (χ1v) is 6.85. The third-order valence-electron chi connectivity index (χ3n) is 4.33. The maximum absolute atomic E-state index is 9.72. The molecule has 21 heavy (non-hydrogen) atoms. The van der Waals surface area contributed by atoms with Gasteiger partial charge in [-0.25, -0.2) is 0 Å². The summed E-state index contributed by atoms with van der Waals surface area (Å²) in [6, 6.07) is 6.98. The van der Waals surface area contributed by atoms with Crippen molar-refractivity contribution < 1.29 is 10.2 Å². The Kier molecular flexibility index (Phi) is 3.49. The van der Waals surface area contributed by atoms with Crippen LogP contribution in [0.1, 0.15) is 36.1 Å². The van der Waals surface area contributed by atoms with Crippen molar-refractivity contribution in [3.63, 3.8) is 0 Å². The number of hydrogen-bond acceptors (Lipinski definition) is 4. The first-order valence-electron chi connectivity index (χ1n) is 6.85. The van der Waals surface area contributed by atoms with Gasteiger partial charge in [-0.15, -0.1) is 0 Å². The molecular weight excluding hydrogens is 264 g/mol. The van der Waals surface area contributed by atoms with Gasteiger partial charge >= 0.3 is 0 Å². The van der Waals surface area contributed by atoms with Crippen LogP contribution in [0, 0.1) is 13.8 Å². The fraction of sp³-hybridized carbons (Fsp3) is 0.294. The number of hydrogen-bond donors (Lipinski definition) is 4. The van der Waals surface area contributed by atoms with Crippen molar-refractivity contribution in [2.45, 2.75) is 33.1 Å². The lowest BCUT2D eigenvalue weighted by Crippen LogP contribution is -2.22. The molecule has 4 nitrogen and oxygen atoms in total. The molecule has 2 aromatic carbocycles. The number of rotatable bonds is 2. The van der Waals surface area contributed by atoms with E-state index in [0.717, 1.165) is 22.3 Å². The average molecular weight is 286 g/mol. The molecule has 0 spiro atoms. The molecule has 0 bridgehead atoms. The maximum atomic E-state index is 9.72. The van der Waals surface area contributed by atoms with Crippen molar-refractivity contribution in [1.29, 1.82) is 0 Å². The Morgan fingerprint density at radius 1 is 0.762 bits per heavy atom. The molecule has 2 rings (SSSR count). The summed E-state index contributed by atoms with van der Waals surface area (Å²) >= 11 is 0. The number of nitrogen functional groups attached to an aromatic ring is 2. The quantitative estimate of drug-likeness (QED) is 0.504. The summed E-state index contributed by atoms with van der Waals surface area (Å²) in [7, 11) is 0. The smallest absolute Gasteiger partial charge is 0.138 e. The van der Waals surface area contributed by atoms with E-state index in [1.165, 1.54) is 0 Å². The van der Waals surface area contributed by atoms with Crippen molar-refractivity contribution in [2.75, 3.05) is 11.5 Å². The minimum absolute atomic E-state index is 0.0917. The van der Waals surface area contributed by atoms with E-state index in [9.17, 15) is 10.2 Å². The molecule has 0 aromatic heterocycles. The van der Waals surface area contributed by atoms with Crippen molar-refractivity contribution in [2.24, 2.45) is 0 Å². The third kappa shape index (κ3) is 2.27. The molecule has 0 saturated carbocycles. The minimum Gasteiger partial charge on any atom is -0.506 e. The lowest BCUT2D eigenvalue weighted by Gasteiger charge is -2.30. The Bertz CT molecular complexity index is 647. The monoisotopic (exact) mass is 286 g/mol. The molecule has 0 aliphatic rings. The number of benzene rings is 2. The van der Waals surface area contributed by atoms with E-state index >= 15 is 0 Å². The second-order valence-electron chi connectivity index (χ2n) is 5.97. The lowest BCUT2D eigenvalue weighted by atomic mass is 9.74. The van der Waals surface area contributed by atoms with Crippen molar-refractivity contribution in [1.82, 2.24) is 0 Å². The zero-order valence-electron chi connectivity index (χ0n) is 12.9. The number of anilines is 2. The molecule has 112 valence electrons. The van der Waals surface area contributed by atoms with Crippen LogP contribution < -0.4 is 11.5 Å². The molecule has 0 atom stereocenters. The van der Waals surface area contributed by atoms with Crippen LogP contribution in [0.25, 0.3) is 0 Å². The van der Waals surface area contributed by atoms with Crippen molar-refractivity contribution in [3.8, 4) is 11.5 Å². The van der Waals surface area contributed by atoms with E-state index in [2.05, 4.69) is 13.8 Å².